The Morgan fingerprint density at radius 3 is 1.00 bits per heavy atom. The lowest BCUT2D eigenvalue weighted by molar-refractivity contribution is 0.930. The third-order valence-corrected chi connectivity index (χ3v) is 4.65. The average molecular weight is 315 g/mol. The first-order valence-electron chi connectivity index (χ1n) is 8.14. The van der Waals surface area contributed by atoms with Crippen molar-refractivity contribution in [2.45, 2.75) is 0 Å². The Hall–Kier alpha value is -2.94. The van der Waals surface area contributed by atoms with Gasteiger partial charge in [0.2, 0.25) is 0 Å². The van der Waals surface area contributed by atoms with Crippen LogP contribution in [0.25, 0.3) is 33.8 Å². The van der Waals surface area contributed by atoms with E-state index in [-0.39, 0.29) is 0 Å². The van der Waals surface area contributed by atoms with Gasteiger partial charge in [-0.25, -0.2) is 0 Å². The molecule has 120 valence electrons. The van der Waals surface area contributed by atoms with E-state index >= 15 is 0 Å². The van der Waals surface area contributed by atoms with Crippen LogP contribution in [0.15, 0.2) is 73.2 Å². The molecule has 0 atom stereocenters. The van der Waals surface area contributed by atoms with Crippen LogP contribution in [0.2, 0.25) is 0 Å². The SMILES string of the molecule is Cn1cccc1-c1cc(-c2cccn2C)cc(-c2cccn2C)c1. The normalized spacial score (nSPS) is 11.1. The van der Waals surface area contributed by atoms with Crippen molar-refractivity contribution in [1.29, 1.82) is 0 Å². The molecule has 0 bridgehead atoms. The number of rotatable bonds is 3. The van der Waals surface area contributed by atoms with Gasteiger partial charge in [0.1, 0.15) is 0 Å². The molecule has 0 saturated heterocycles. The van der Waals surface area contributed by atoms with E-state index in [2.05, 4.69) is 108 Å². The molecule has 4 rings (SSSR count). The van der Waals surface area contributed by atoms with Gasteiger partial charge in [-0.1, -0.05) is 0 Å². The molecule has 0 spiro atoms. The fraction of sp³-hybridized carbons (Fsp3) is 0.143. The number of nitrogens with zero attached hydrogens (tertiary/aromatic N) is 3. The predicted molar refractivity (Wildman–Crippen MR) is 99.7 cm³/mol. The van der Waals surface area contributed by atoms with Crippen LogP contribution in [0.5, 0.6) is 0 Å². The number of aromatic nitrogens is 3. The summed E-state index contributed by atoms with van der Waals surface area (Å²) in [7, 11) is 6.27. The lowest BCUT2D eigenvalue weighted by atomic mass is 9.99. The number of aryl methyl sites for hydroxylation is 3. The first kappa shape index (κ1) is 14.6. The summed E-state index contributed by atoms with van der Waals surface area (Å²) in [5, 5.41) is 0. The summed E-state index contributed by atoms with van der Waals surface area (Å²) in [6, 6.07) is 19.6. The highest BCUT2D eigenvalue weighted by Gasteiger charge is 2.11. The molecule has 0 aliphatic rings. The second kappa shape index (κ2) is 5.60. The minimum atomic E-state index is 1.22. The van der Waals surface area contributed by atoms with Crippen LogP contribution in [-0.4, -0.2) is 13.7 Å². The largest absolute Gasteiger partial charge is 0.351 e. The fourth-order valence-corrected chi connectivity index (χ4v) is 3.35. The summed E-state index contributed by atoms with van der Waals surface area (Å²) >= 11 is 0. The zero-order valence-electron chi connectivity index (χ0n) is 14.3. The molecule has 0 N–H and O–H groups in total. The minimum absolute atomic E-state index is 1.22. The molecule has 0 aliphatic carbocycles. The zero-order valence-corrected chi connectivity index (χ0v) is 14.3. The summed E-state index contributed by atoms with van der Waals surface area (Å²) in [6.45, 7) is 0. The maximum Gasteiger partial charge on any atom is 0.0478 e. The van der Waals surface area contributed by atoms with Gasteiger partial charge in [-0.05, 0) is 71.3 Å². The van der Waals surface area contributed by atoms with E-state index in [0.29, 0.717) is 0 Å². The molecule has 3 nitrogen and oxygen atoms in total. The molecular weight excluding hydrogens is 294 g/mol. The van der Waals surface area contributed by atoms with Gasteiger partial charge in [0, 0.05) is 56.8 Å². The average Bonchev–Trinajstić information content (AvgIpc) is 3.28. The van der Waals surface area contributed by atoms with Crippen molar-refractivity contribution in [2.24, 2.45) is 21.1 Å². The highest BCUT2D eigenvalue weighted by Crippen LogP contribution is 2.32. The standard InChI is InChI=1S/C21H21N3/c1-22-10-4-7-19(22)16-13-17(20-8-5-11-23(20)2)15-18(14-16)21-9-6-12-24(21)3/h4-15H,1-3H3. The van der Waals surface area contributed by atoms with Crippen LogP contribution in [0.3, 0.4) is 0 Å². The van der Waals surface area contributed by atoms with Crippen molar-refractivity contribution in [2.75, 3.05) is 0 Å². The van der Waals surface area contributed by atoms with Gasteiger partial charge in [0.15, 0.2) is 0 Å². The third kappa shape index (κ3) is 2.38. The lowest BCUT2D eigenvalue weighted by Crippen LogP contribution is -1.95. The van der Waals surface area contributed by atoms with E-state index in [1.165, 1.54) is 33.8 Å². The zero-order chi connectivity index (χ0) is 16.7. The number of benzene rings is 1. The Balaban J connectivity index is 1.97. The molecule has 0 unspecified atom stereocenters. The molecular formula is C21H21N3. The van der Waals surface area contributed by atoms with Crippen LogP contribution in [0.1, 0.15) is 0 Å². The Morgan fingerprint density at radius 1 is 0.500 bits per heavy atom. The van der Waals surface area contributed by atoms with E-state index in [0.717, 1.165) is 0 Å². The van der Waals surface area contributed by atoms with Crippen LogP contribution in [0, 0.1) is 0 Å². The van der Waals surface area contributed by atoms with Gasteiger partial charge in [-0.15, -0.1) is 0 Å². The van der Waals surface area contributed by atoms with Crippen molar-refractivity contribution in [3.63, 3.8) is 0 Å². The van der Waals surface area contributed by atoms with Crippen molar-refractivity contribution >= 4 is 0 Å². The lowest BCUT2D eigenvalue weighted by Gasteiger charge is -2.13. The molecule has 0 fully saturated rings. The van der Waals surface area contributed by atoms with Crippen molar-refractivity contribution in [1.82, 2.24) is 13.7 Å². The van der Waals surface area contributed by atoms with Gasteiger partial charge in [-0.2, -0.15) is 0 Å². The molecule has 0 aliphatic heterocycles. The van der Waals surface area contributed by atoms with E-state index in [1.807, 2.05) is 0 Å². The van der Waals surface area contributed by atoms with Crippen LogP contribution < -0.4 is 0 Å². The summed E-state index contributed by atoms with van der Waals surface area (Å²) < 4.78 is 6.50. The molecule has 0 saturated carbocycles. The highest BCUT2D eigenvalue weighted by molar-refractivity contribution is 5.78. The van der Waals surface area contributed by atoms with Crippen molar-refractivity contribution in [3.05, 3.63) is 73.2 Å². The van der Waals surface area contributed by atoms with Gasteiger partial charge < -0.3 is 13.7 Å². The molecule has 3 heteroatoms. The minimum Gasteiger partial charge on any atom is -0.351 e. The fourth-order valence-electron chi connectivity index (χ4n) is 3.35. The topological polar surface area (TPSA) is 14.8 Å². The Morgan fingerprint density at radius 2 is 0.792 bits per heavy atom. The smallest absolute Gasteiger partial charge is 0.0478 e. The first-order chi connectivity index (χ1) is 11.6. The Bertz CT molecular complexity index is 856. The summed E-state index contributed by atoms with van der Waals surface area (Å²) in [5.74, 6) is 0. The van der Waals surface area contributed by atoms with Crippen molar-refractivity contribution in [3.8, 4) is 33.8 Å². The first-order valence-corrected chi connectivity index (χ1v) is 8.14. The quantitative estimate of drug-likeness (QED) is 0.520. The van der Waals surface area contributed by atoms with Gasteiger partial charge in [-0.3, -0.25) is 0 Å². The van der Waals surface area contributed by atoms with E-state index in [4.69, 9.17) is 0 Å². The van der Waals surface area contributed by atoms with E-state index < -0.39 is 0 Å². The van der Waals surface area contributed by atoms with Gasteiger partial charge in [0.05, 0.1) is 0 Å². The second-order valence-corrected chi connectivity index (χ2v) is 6.31. The second-order valence-electron chi connectivity index (χ2n) is 6.31. The van der Waals surface area contributed by atoms with Crippen LogP contribution in [0.4, 0.5) is 0 Å². The molecule has 0 amide bonds. The maximum atomic E-state index is 2.27. The number of hydrogen-bond donors (Lipinski definition) is 0. The summed E-state index contributed by atoms with van der Waals surface area (Å²) in [6.07, 6.45) is 6.27. The Kier molecular flexibility index (Phi) is 3.42. The Labute approximate surface area is 142 Å². The van der Waals surface area contributed by atoms with E-state index in [1.54, 1.807) is 0 Å². The molecule has 0 radical (unpaired) electrons. The third-order valence-electron chi connectivity index (χ3n) is 4.65. The van der Waals surface area contributed by atoms with Crippen LogP contribution in [-0.2, 0) is 21.1 Å². The maximum absolute atomic E-state index is 2.27. The highest BCUT2D eigenvalue weighted by atomic mass is 14.9. The van der Waals surface area contributed by atoms with Crippen molar-refractivity contribution < 1.29 is 0 Å². The molecule has 1 aromatic carbocycles. The predicted octanol–water partition coefficient (Wildman–Crippen LogP) is 4.70. The number of hydrogen-bond acceptors (Lipinski definition) is 0. The molecule has 3 heterocycles. The summed E-state index contributed by atoms with van der Waals surface area (Å²) in [4.78, 5) is 0. The van der Waals surface area contributed by atoms with Crippen LogP contribution >= 0.6 is 0 Å². The molecule has 4 aromatic rings. The van der Waals surface area contributed by atoms with E-state index in [9.17, 15) is 0 Å². The van der Waals surface area contributed by atoms with Gasteiger partial charge >= 0.3 is 0 Å². The molecule has 24 heavy (non-hydrogen) atoms. The molecule has 3 aromatic heterocycles. The monoisotopic (exact) mass is 315 g/mol. The van der Waals surface area contributed by atoms with Gasteiger partial charge in [0.25, 0.3) is 0 Å². The summed E-state index contributed by atoms with van der Waals surface area (Å²) in [5.41, 5.74) is 7.37.